The first-order valence-corrected chi connectivity index (χ1v) is 6.10. The monoisotopic (exact) mass is 188 g/mol. The summed E-state index contributed by atoms with van der Waals surface area (Å²) in [6, 6.07) is 0. The van der Waals surface area contributed by atoms with Crippen LogP contribution in [-0.4, -0.2) is 22.7 Å². The Morgan fingerprint density at radius 3 is 2.67 bits per heavy atom. The van der Waals surface area contributed by atoms with E-state index < -0.39 is 0 Å². The highest BCUT2D eigenvalue weighted by Gasteiger charge is 2.15. The number of hydrogen-bond donors (Lipinski definition) is 1. The van der Waals surface area contributed by atoms with Gasteiger partial charge in [-0.05, 0) is 30.9 Å². The van der Waals surface area contributed by atoms with Crippen molar-refractivity contribution in [2.24, 2.45) is 5.92 Å². The maximum Gasteiger partial charge on any atom is 0.0441 e. The molecule has 0 heterocycles. The van der Waals surface area contributed by atoms with Crippen LogP contribution in [0.3, 0.4) is 0 Å². The van der Waals surface area contributed by atoms with E-state index in [1.165, 1.54) is 31.4 Å². The molecule has 0 aromatic heterocycles. The van der Waals surface area contributed by atoms with E-state index in [1.54, 1.807) is 0 Å². The minimum absolute atomic E-state index is 0.346. The fourth-order valence-electron chi connectivity index (χ4n) is 1.74. The lowest BCUT2D eigenvalue weighted by atomic mass is 10.1. The molecule has 0 aromatic carbocycles. The fraction of sp³-hybridized carbons (Fsp3) is 1.00. The van der Waals surface area contributed by atoms with Crippen LogP contribution in [0.1, 0.15) is 39.0 Å². The number of aliphatic hydroxyl groups excluding tert-OH is 1. The molecule has 1 rings (SSSR count). The third-order valence-corrected chi connectivity index (χ3v) is 4.10. The van der Waals surface area contributed by atoms with E-state index in [9.17, 15) is 0 Å². The minimum atomic E-state index is 0.346. The molecule has 2 heteroatoms. The molecule has 0 amide bonds. The van der Waals surface area contributed by atoms with Crippen LogP contribution in [0.5, 0.6) is 0 Å². The molecule has 0 aromatic rings. The summed E-state index contributed by atoms with van der Waals surface area (Å²) in [5.74, 6) is 2.30. The van der Waals surface area contributed by atoms with Gasteiger partial charge in [0, 0.05) is 11.9 Å². The summed E-state index contributed by atoms with van der Waals surface area (Å²) in [5, 5.41) is 9.36. The van der Waals surface area contributed by atoms with Gasteiger partial charge in [0.15, 0.2) is 0 Å². The largest absolute Gasteiger partial charge is 0.396 e. The lowest BCUT2D eigenvalue weighted by molar-refractivity contribution is 0.289. The molecule has 0 aliphatic heterocycles. The van der Waals surface area contributed by atoms with Crippen LogP contribution in [0.25, 0.3) is 0 Å². The van der Waals surface area contributed by atoms with Crippen LogP contribution < -0.4 is 0 Å². The van der Waals surface area contributed by atoms with E-state index >= 15 is 0 Å². The van der Waals surface area contributed by atoms with Gasteiger partial charge < -0.3 is 5.11 Å². The van der Waals surface area contributed by atoms with Gasteiger partial charge in [-0.15, -0.1) is 0 Å². The van der Waals surface area contributed by atoms with Crippen LogP contribution in [-0.2, 0) is 0 Å². The highest BCUT2D eigenvalue weighted by Crippen LogP contribution is 2.29. The van der Waals surface area contributed by atoms with Crippen molar-refractivity contribution in [1.29, 1.82) is 0 Å². The van der Waals surface area contributed by atoms with E-state index in [0.29, 0.717) is 11.9 Å². The number of rotatable bonds is 5. The molecule has 1 N–H and O–H groups in total. The Labute approximate surface area is 79.9 Å². The minimum Gasteiger partial charge on any atom is -0.396 e. The quantitative estimate of drug-likeness (QED) is 0.716. The Hall–Kier alpha value is 0.310. The standard InChI is InChI=1S/C10H20OS/c1-9(6-7-11)12-8-10-4-2-3-5-10/h9-11H,2-8H2,1H3. The first-order chi connectivity index (χ1) is 5.83. The van der Waals surface area contributed by atoms with Gasteiger partial charge in [0.05, 0.1) is 0 Å². The van der Waals surface area contributed by atoms with Crippen molar-refractivity contribution in [3.63, 3.8) is 0 Å². The molecule has 12 heavy (non-hydrogen) atoms. The summed E-state index contributed by atoms with van der Waals surface area (Å²) in [7, 11) is 0. The van der Waals surface area contributed by atoms with E-state index in [2.05, 4.69) is 6.92 Å². The molecule has 72 valence electrons. The molecule has 1 fully saturated rings. The molecule has 1 aliphatic carbocycles. The summed E-state index contributed by atoms with van der Waals surface area (Å²) >= 11 is 2.04. The molecular weight excluding hydrogens is 168 g/mol. The maximum atomic E-state index is 8.72. The van der Waals surface area contributed by atoms with Gasteiger partial charge in [-0.2, -0.15) is 11.8 Å². The number of hydrogen-bond acceptors (Lipinski definition) is 2. The molecule has 0 bridgehead atoms. The van der Waals surface area contributed by atoms with E-state index in [-0.39, 0.29) is 0 Å². The topological polar surface area (TPSA) is 20.2 Å². The highest BCUT2D eigenvalue weighted by atomic mass is 32.2. The molecule has 0 radical (unpaired) electrons. The van der Waals surface area contributed by atoms with Crippen molar-refractivity contribution in [2.45, 2.75) is 44.3 Å². The molecule has 0 spiro atoms. The predicted molar refractivity (Wildman–Crippen MR) is 55.6 cm³/mol. The Morgan fingerprint density at radius 2 is 2.08 bits per heavy atom. The van der Waals surface area contributed by atoms with Gasteiger partial charge in [-0.25, -0.2) is 0 Å². The number of aliphatic hydroxyl groups is 1. The lowest BCUT2D eigenvalue weighted by Crippen LogP contribution is -2.05. The zero-order valence-corrected chi connectivity index (χ0v) is 8.78. The van der Waals surface area contributed by atoms with Crippen molar-refractivity contribution in [1.82, 2.24) is 0 Å². The van der Waals surface area contributed by atoms with Crippen molar-refractivity contribution in [3.8, 4) is 0 Å². The Balaban J connectivity index is 1.99. The molecule has 1 saturated carbocycles. The van der Waals surface area contributed by atoms with Crippen LogP contribution in [0.4, 0.5) is 0 Å². The Kier molecular flexibility index (Phi) is 5.08. The molecule has 1 atom stereocenters. The highest BCUT2D eigenvalue weighted by molar-refractivity contribution is 7.99. The van der Waals surface area contributed by atoms with E-state index in [1.807, 2.05) is 11.8 Å². The van der Waals surface area contributed by atoms with Gasteiger partial charge >= 0.3 is 0 Å². The van der Waals surface area contributed by atoms with Gasteiger partial charge in [0.1, 0.15) is 0 Å². The summed E-state index contributed by atoms with van der Waals surface area (Å²) < 4.78 is 0. The summed E-state index contributed by atoms with van der Waals surface area (Å²) in [4.78, 5) is 0. The normalized spacial score (nSPS) is 21.5. The van der Waals surface area contributed by atoms with Crippen LogP contribution in [0.15, 0.2) is 0 Å². The molecular formula is C10H20OS. The van der Waals surface area contributed by atoms with Gasteiger partial charge in [0.2, 0.25) is 0 Å². The second-order valence-electron chi connectivity index (χ2n) is 3.81. The average molecular weight is 188 g/mol. The predicted octanol–water partition coefficient (Wildman–Crippen LogP) is 2.68. The lowest BCUT2D eigenvalue weighted by Gasteiger charge is -2.12. The SMILES string of the molecule is CC(CCO)SCC1CCCC1. The zero-order chi connectivity index (χ0) is 8.81. The van der Waals surface area contributed by atoms with E-state index in [4.69, 9.17) is 5.11 Å². The molecule has 1 nitrogen and oxygen atoms in total. The summed E-state index contributed by atoms with van der Waals surface area (Å²) in [6.45, 7) is 2.56. The number of thioether (sulfide) groups is 1. The average Bonchev–Trinajstić information content (AvgIpc) is 2.53. The smallest absolute Gasteiger partial charge is 0.0441 e. The van der Waals surface area contributed by atoms with Crippen LogP contribution in [0.2, 0.25) is 0 Å². The molecule has 0 saturated heterocycles. The van der Waals surface area contributed by atoms with Crippen molar-refractivity contribution >= 4 is 11.8 Å². The first-order valence-electron chi connectivity index (χ1n) is 5.05. The van der Waals surface area contributed by atoms with Gasteiger partial charge in [-0.3, -0.25) is 0 Å². The van der Waals surface area contributed by atoms with Crippen LogP contribution in [0, 0.1) is 5.92 Å². The second kappa shape index (κ2) is 5.87. The first kappa shape index (κ1) is 10.4. The Morgan fingerprint density at radius 1 is 1.42 bits per heavy atom. The summed E-state index contributed by atoms with van der Waals surface area (Å²) in [6.07, 6.45) is 6.73. The zero-order valence-electron chi connectivity index (χ0n) is 7.96. The van der Waals surface area contributed by atoms with Gasteiger partial charge in [0.25, 0.3) is 0 Å². The third-order valence-electron chi connectivity index (χ3n) is 2.63. The molecule has 1 unspecified atom stereocenters. The van der Waals surface area contributed by atoms with Crippen LogP contribution >= 0.6 is 11.8 Å². The Bertz CT molecular complexity index is 110. The summed E-state index contributed by atoms with van der Waals surface area (Å²) in [5.41, 5.74) is 0. The third kappa shape index (κ3) is 3.81. The van der Waals surface area contributed by atoms with Crippen molar-refractivity contribution in [3.05, 3.63) is 0 Å². The van der Waals surface area contributed by atoms with Gasteiger partial charge in [-0.1, -0.05) is 19.8 Å². The molecule has 1 aliphatic rings. The maximum absolute atomic E-state index is 8.72. The van der Waals surface area contributed by atoms with E-state index in [0.717, 1.165) is 12.3 Å². The second-order valence-corrected chi connectivity index (χ2v) is 5.28. The fourth-order valence-corrected chi connectivity index (χ4v) is 2.95. The van der Waals surface area contributed by atoms with Crippen molar-refractivity contribution < 1.29 is 5.11 Å². The van der Waals surface area contributed by atoms with Crippen molar-refractivity contribution in [2.75, 3.05) is 12.4 Å².